The van der Waals surface area contributed by atoms with Crippen LogP contribution in [-0.4, -0.2) is 20.9 Å². The largest absolute Gasteiger partial charge is 0.494 e. The number of hydrogen-bond donors (Lipinski definition) is 2. The fraction of sp³-hybridized carbons (Fsp3) is 0. The summed E-state index contributed by atoms with van der Waals surface area (Å²) in [4.78, 5) is 19.3. The van der Waals surface area contributed by atoms with Gasteiger partial charge in [0.1, 0.15) is 5.56 Å². The van der Waals surface area contributed by atoms with Gasteiger partial charge in [-0.05, 0) is 42.6 Å². The van der Waals surface area contributed by atoms with Crippen LogP contribution in [0.2, 0.25) is 5.02 Å². The lowest BCUT2D eigenvalue weighted by molar-refractivity contribution is 0.432. The Morgan fingerprint density at radius 1 is 1.19 bits per heavy atom. The van der Waals surface area contributed by atoms with Crippen LogP contribution in [0.25, 0.3) is 17.3 Å². The molecule has 2 N–H and O–H groups in total. The highest BCUT2D eigenvalue weighted by molar-refractivity contribution is 7.71. The summed E-state index contributed by atoms with van der Waals surface area (Å²) in [6, 6.07) is 14.4. The number of hydrogen-bond acceptors (Lipinski definition) is 4. The van der Waals surface area contributed by atoms with E-state index in [1.807, 2.05) is 24.3 Å². The zero-order chi connectivity index (χ0) is 18.3. The number of aromatic hydroxyl groups is 1. The van der Waals surface area contributed by atoms with Crippen LogP contribution in [0.5, 0.6) is 5.88 Å². The van der Waals surface area contributed by atoms with Crippen LogP contribution in [0.15, 0.2) is 58.3 Å². The van der Waals surface area contributed by atoms with Gasteiger partial charge >= 0.3 is 0 Å². The molecule has 0 amide bonds. The molecule has 1 aliphatic rings. The third-order valence-corrected chi connectivity index (χ3v) is 4.56. The van der Waals surface area contributed by atoms with Gasteiger partial charge in [0.25, 0.3) is 5.56 Å². The van der Waals surface area contributed by atoms with E-state index >= 15 is 0 Å². The molecule has 2 heterocycles. The lowest BCUT2D eigenvalue weighted by Crippen LogP contribution is -2.16. The maximum Gasteiger partial charge on any atom is 0.262 e. The van der Waals surface area contributed by atoms with E-state index < -0.39 is 5.56 Å². The molecule has 26 heavy (non-hydrogen) atoms. The molecule has 7 heteroatoms. The van der Waals surface area contributed by atoms with E-state index in [9.17, 15) is 9.90 Å². The maximum atomic E-state index is 12.4. The van der Waals surface area contributed by atoms with Crippen LogP contribution in [0.3, 0.4) is 0 Å². The van der Waals surface area contributed by atoms with Crippen molar-refractivity contribution in [1.29, 1.82) is 0 Å². The first kappa shape index (κ1) is 16.5. The number of rotatable bonds is 2. The second-order valence-electron chi connectivity index (χ2n) is 5.69. The molecular weight excluding hydrogens is 370 g/mol. The van der Waals surface area contributed by atoms with Crippen LogP contribution in [0.4, 0.5) is 5.69 Å². The Bertz CT molecular complexity index is 1210. The van der Waals surface area contributed by atoms with E-state index in [4.69, 9.17) is 23.8 Å². The van der Waals surface area contributed by atoms with Gasteiger partial charge in [-0.1, -0.05) is 35.9 Å². The van der Waals surface area contributed by atoms with Gasteiger partial charge in [0, 0.05) is 22.4 Å². The van der Waals surface area contributed by atoms with Gasteiger partial charge in [-0.2, -0.15) is 0 Å². The molecule has 0 fully saturated rings. The molecule has 0 unspecified atom stereocenters. The second-order valence-corrected chi connectivity index (χ2v) is 6.51. The molecule has 3 aromatic rings. The Labute approximate surface area is 158 Å². The van der Waals surface area contributed by atoms with Crippen molar-refractivity contribution in [2.75, 3.05) is 0 Å². The number of aromatic nitrogens is 2. The first-order chi connectivity index (χ1) is 12.5. The van der Waals surface area contributed by atoms with Gasteiger partial charge in [0.2, 0.25) is 5.88 Å². The van der Waals surface area contributed by atoms with Crippen molar-refractivity contribution in [3.8, 4) is 11.6 Å². The highest BCUT2D eigenvalue weighted by Gasteiger charge is 2.16. The van der Waals surface area contributed by atoms with Crippen LogP contribution in [0.1, 0.15) is 11.1 Å². The molecule has 0 saturated carbocycles. The van der Waals surface area contributed by atoms with Crippen molar-refractivity contribution in [3.05, 3.63) is 79.8 Å². The Kier molecular flexibility index (Phi) is 4.06. The average Bonchev–Trinajstić information content (AvgIpc) is 3.01. The zero-order valence-corrected chi connectivity index (χ0v) is 14.9. The number of aromatic amines is 1. The van der Waals surface area contributed by atoms with Crippen molar-refractivity contribution in [3.63, 3.8) is 0 Å². The van der Waals surface area contributed by atoms with Crippen molar-refractivity contribution >= 4 is 47.4 Å². The molecule has 0 saturated heterocycles. The average molecular weight is 382 g/mol. The van der Waals surface area contributed by atoms with E-state index in [1.165, 1.54) is 4.57 Å². The topological polar surface area (TPSA) is 70.4 Å². The molecule has 1 aromatic heterocycles. The lowest BCUT2D eigenvalue weighted by Gasteiger charge is -2.12. The fourth-order valence-corrected chi connectivity index (χ4v) is 3.30. The third-order valence-electron chi connectivity index (χ3n) is 4.04. The summed E-state index contributed by atoms with van der Waals surface area (Å²) in [5.74, 6) is -0.258. The van der Waals surface area contributed by atoms with Crippen molar-refractivity contribution in [2.45, 2.75) is 0 Å². The van der Waals surface area contributed by atoms with Gasteiger partial charge in [-0.25, -0.2) is 0 Å². The number of fused-ring (bicyclic) bond motifs is 1. The van der Waals surface area contributed by atoms with Crippen LogP contribution < -0.4 is 5.56 Å². The Morgan fingerprint density at radius 2 is 2.00 bits per heavy atom. The van der Waals surface area contributed by atoms with E-state index in [0.717, 1.165) is 16.8 Å². The molecule has 0 aliphatic carbocycles. The summed E-state index contributed by atoms with van der Waals surface area (Å²) in [6.07, 6.45) is 3.26. The van der Waals surface area contributed by atoms with Gasteiger partial charge in [-0.3, -0.25) is 19.3 Å². The van der Waals surface area contributed by atoms with Gasteiger partial charge in [-0.15, -0.1) is 0 Å². The maximum absolute atomic E-state index is 12.4. The van der Waals surface area contributed by atoms with E-state index in [0.29, 0.717) is 10.7 Å². The smallest absolute Gasteiger partial charge is 0.262 e. The van der Waals surface area contributed by atoms with Gasteiger partial charge in [0.15, 0.2) is 4.77 Å². The number of nitrogens with one attached hydrogen (secondary N) is 1. The monoisotopic (exact) mass is 381 g/mol. The minimum atomic E-state index is -0.476. The predicted octanol–water partition coefficient (Wildman–Crippen LogP) is 4.51. The summed E-state index contributed by atoms with van der Waals surface area (Å²) < 4.78 is 1.45. The molecule has 2 aromatic carbocycles. The number of halogens is 1. The third kappa shape index (κ3) is 2.79. The molecule has 0 radical (unpaired) electrons. The molecule has 0 atom stereocenters. The summed E-state index contributed by atoms with van der Waals surface area (Å²) in [7, 11) is 0. The minimum Gasteiger partial charge on any atom is -0.494 e. The van der Waals surface area contributed by atoms with Crippen LogP contribution in [0, 0.1) is 4.77 Å². The summed E-state index contributed by atoms with van der Waals surface area (Å²) in [6.45, 7) is 0. The molecular formula is C19H12ClN3O2S. The summed E-state index contributed by atoms with van der Waals surface area (Å²) in [5, 5.41) is 11.2. The van der Waals surface area contributed by atoms with Crippen molar-refractivity contribution in [1.82, 2.24) is 9.55 Å². The van der Waals surface area contributed by atoms with Crippen LogP contribution >= 0.6 is 23.8 Å². The molecule has 1 aliphatic heterocycles. The molecule has 4 rings (SSSR count). The number of allylic oxidation sites excluding steroid dienone is 1. The number of aliphatic imine (C=N–C) groups is 1. The first-order valence-electron chi connectivity index (χ1n) is 7.74. The normalized spacial score (nSPS) is 14.0. The van der Waals surface area contributed by atoms with Crippen molar-refractivity contribution in [2.24, 2.45) is 4.99 Å². The Morgan fingerprint density at radius 3 is 2.81 bits per heavy atom. The zero-order valence-electron chi connectivity index (χ0n) is 13.3. The Balaban J connectivity index is 1.93. The van der Waals surface area contributed by atoms with Gasteiger partial charge in [0.05, 0.1) is 11.4 Å². The van der Waals surface area contributed by atoms with E-state index in [1.54, 1.807) is 36.6 Å². The summed E-state index contributed by atoms with van der Waals surface area (Å²) >= 11 is 11.2. The standard InChI is InChI=1S/C19H12ClN3O2S/c20-12-4-3-5-13(9-12)23-18(25)15(17(24)22-19(23)26)8-11-10-21-16-7-2-1-6-14(11)16/h1-10,25H,(H,22,24,26). The highest BCUT2D eigenvalue weighted by atomic mass is 35.5. The first-order valence-corrected chi connectivity index (χ1v) is 8.52. The molecule has 5 nitrogen and oxygen atoms in total. The minimum absolute atomic E-state index is 0.0809. The SMILES string of the molecule is O=c1[nH]c(=S)n(-c2cccc(Cl)c2)c(O)c1C=C1C=Nc2ccccc21. The lowest BCUT2D eigenvalue weighted by atomic mass is 10.1. The summed E-state index contributed by atoms with van der Waals surface area (Å²) in [5.41, 5.74) is 2.61. The van der Waals surface area contributed by atoms with E-state index in [2.05, 4.69) is 9.98 Å². The number of para-hydroxylation sites is 1. The molecule has 0 spiro atoms. The predicted molar refractivity (Wildman–Crippen MR) is 106 cm³/mol. The van der Waals surface area contributed by atoms with Crippen molar-refractivity contribution < 1.29 is 5.11 Å². The highest BCUT2D eigenvalue weighted by Crippen LogP contribution is 2.33. The number of benzene rings is 2. The Hall–Kier alpha value is -2.96. The van der Waals surface area contributed by atoms with Crippen LogP contribution in [-0.2, 0) is 0 Å². The fourth-order valence-electron chi connectivity index (χ4n) is 2.83. The molecule has 128 valence electrons. The quantitative estimate of drug-likeness (QED) is 0.641. The number of H-pyrrole nitrogens is 1. The molecule has 0 bridgehead atoms. The number of nitrogens with zero attached hydrogens (tertiary/aromatic N) is 2. The second kappa shape index (κ2) is 6.40. The van der Waals surface area contributed by atoms with Gasteiger partial charge < -0.3 is 5.11 Å². The van der Waals surface area contributed by atoms with E-state index in [-0.39, 0.29) is 16.2 Å².